The molecule has 19 heavy (non-hydrogen) atoms. The van der Waals surface area contributed by atoms with Gasteiger partial charge in [0.2, 0.25) is 5.91 Å². The first-order chi connectivity index (χ1) is 9.20. The second-order valence-corrected chi connectivity index (χ2v) is 4.73. The quantitative estimate of drug-likeness (QED) is 0.824. The van der Waals surface area contributed by atoms with Gasteiger partial charge in [-0.3, -0.25) is 4.79 Å². The van der Waals surface area contributed by atoms with Crippen molar-refractivity contribution in [3.05, 3.63) is 41.7 Å². The van der Waals surface area contributed by atoms with Gasteiger partial charge in [-0.15, -0.1) is 0 Å². The molecule has 0 unspecified atom stereocenters. The summed E-state index contributed by atoms with van der Waals surface area (Å²) in [5, 5.41) is 3.18. The van der Waals surface area contributed by atoms with Crippen LogP contribution in [-0.4, -0.2) is 36.5 Å². The van der Waals surface area contributed by atoms with Crippen LogP contribution in [0.5, 0.6) is 0 Å². The number of amides is 1. The van der Waals surface area contributed by atoms with Gasteiger partial charge >= 0.3 is 0 Å². The van der Waals surface area contributed by atoms with Gasteiger partial charge in [-0.2, -0.15) is 0 Å². The summed E-state index contributed by atoms with van der Waals surface area (Å²) in [6.07, 6.45) is 4.25. The van der Waals surface area contributed by atoms with Crippen LogP contribution in [0.1, 0.15) is 18.9 Å². The highest BCUT2D eigenvalue weighted by Gasteiger charge is 2.26. The highest BCUT2D eigenvalue weighted by molar-refractivity contribution is 5.92. The van der Waals surface area contributed by atoms with Gasteiger partial charge in [0, 0.05) is 25.7 Å². The van der Waals surface area contributed by atoms with Crippen LogP contribution in [0, 0.1) is 5.82 Å². The number of hydrogen-bond acceptors (Lipinski definition) is 2. The first-order valence-corrected chi connectivity index (χ1v) is 6.65. The number of hydrogen-bond donors (Lipinski definition) is 1. The highest BCUT2D eigenvalue weighted by atomic mass is 19.1. The molecule has 1 aliphatic rings. The van der Waals surface area contributed by atoms with Crippen molar-refractivity contribution in [1.82, 2.24) is 10.2 Å². The Morgan fingerprint density at radius 3 is 2.63 bits per heavy atom. The molecule has 2 rings (SSSR count). The molecule has 0 atom stereocenters. The number of nitrogens with zero attached hydrogens (tertiary/aromatic N) is 1. The molecule has 1 saturated heterocycles. The molecular formula is C15H19FN2O. The Bertz CT molecular complexity index is 452. The van der Waals surface area contributed by atoms with Crippen LogP contribution in [0.4, 0.5) is 4.39 Å². The topological polar surface area (TPSA) is 32.3 Å². The molecule has 3 nitrogen and oxygen atoms in total. The SMILES string of the molecule is CCCN(C(=O)C=Cc1ccc(F)cc1)C1CNC1. The molecule has 1 aromatic carbocycles. The minimum absolute atomic E-state index is 0.0256. The van der Waals surface area contributed by atoms with E-state index < -0.39 is 0 Å². The maximum absolute atomic E-state index is 12.8. The Labute approximate surface area is 113 Å². The van der Waals surface area contributed by atoms with Gasteiger partial charge in [0.05, 0.1) is 6.04 Å². The van der Waals surface area contributed by atoms with Crippen LogP contribution in [-0.2, 0) is 4.79 Å². The van der Waals surface area contributed by atoms with Crippen molar-refractivity contribution in [3.63, 3.8) is 0 Å². The van der Waals surface area contributed by atoms with E-state index in [-0.39, 0.29) is 11.7 Å². The van der Waals surface area contributed by atoms with Crippen molar-refractivity contribution in [3.8, 4) is 0 Å². The molecule has 4 heteroatoms. The maximum atomic E-state index is 12.8. The van der Waals surface area contributed by atoms with Gasteiger partial charge in [-0.05, 0) is 30.2 Å². The molecule has 0 aromatic heterocycles. The predicted molar refractivity (Wildman–Crippen MR) is 74.1 cm³/mol. The van der Waals surface area contributed by atoms with Gasteiger partial charge in [-0.25, -0.2) is 4.39 Å². The molecule has 1 aliphatic heterocycles. The van der Waals surface area contributed by atoms with Crippen LogP contribution < -0.4 is 5.32 Å². The van der Waals surface area contributed by atoms with Crippen molar-refractivity contribution in [2.45, 2.75) is 19.4 Å². The lowest BCUT2D eigenvalue weighted by molar-refractivity contribution is -0.129. The fraction of sp³-hybridized carbons (Fsp3) is 0.400. The molecule has 1 N–H and O–H groups in total. The zero-order valence-corrected chi connectivity index (χ0v) is 11.1. The molecule has 1 heterocycles. The lowest BCUT2D eigenvalue weighted by atomic mass is 10.1. The van der Waals surface area contributed by atoms with E-state index in [2.05, 4.69) is 12.2 Å². The third kappa shape index (κ3) is 3.64. The molecule has 1 aromatic rings. The van der Waals surface area contributed by atoms with Gasteiger partial charge in [0.1, 0.15) is 5.82 Å². The first kappa shape index (κ1) is 13.7. The van der Waals surface area contributed by atoms with Crippen molar-refractivity contribution >= 4 is 12.0 Å². The number of benzene rings is 1. The zero-order valence-electron chi connectivity index (χ0n) is 11.1. The van der Waals surface area contributed by atoms with Crippen molar-refractivity contribution in [2.24, 2.45) is 0 Å². The maximum Gasteiger partial charge on any atom is 0.246 e. The standard InChI is InChI=1S/C15H19FN2O/c1-2-9-18(14-10-17-11-14)15(19)8-5-12-3-6-13(16)7-4-12/h3-8,14,17H,2,9-11H2,1H3. The zero-order chi connectivity index (χ0) is 13.7. The van der Waals surface area contributed by atoms with Crippen molar-refractivity contribution < 1.29 is 9.18 Å². The lowest BCUT2D eigenvalue weighted by Crippen LogP contribution is -2.58. The van der Waals surface area contributed by atoms with E-state index in [1.807, 2.05) is 4.90 Å². The number of carbonyl (C=O) groups is 1. The fourth-order valence-corrected chi connectivity index (χ4v) is 2.04. The largest absolute Gasteiger partial charge is 0.334 e. The van der Waals surface area contributed by atoms with Gasteiger partial charge in [0.15, 0.2) is 0 Å². The number of carbonyl (C=O) groups excluding carboxylic acids is 1. The fourth-order valence-electron chi connectivity index (χ4n) is 2.04. The van der Waals surface area contributed by atoms with E-state index in [1.165, 1.54) is 12.1 Å². The minimum atomic E-state index is -0.267. The number of rotatable bonds is 5. The summed E-state index contributed by atoms with van der Waals surface area (Å²) in [6, 6.07) is 6.42. The third-order valence-corrected chi connectivity index (χ3v) is 3.24. The average molecular weight is 262 g/mol. The average Bonchev–Trinajstić information content (AvgIpc) is 2.35. The minimum Gasteiger partial charge on any atom is -0.334 e. The van der Waals surface area contributed by atoms with E-state index in [0.717, 1.165) is 31.6 Å². The predicted octanol–water partition coefficient (Wildman–Crippen LogP) is 2.05. The van der Waals surface area contributed by atoms with E-state index in [1.54, 1.807) is 24.3 Å². The molecule has 0 spiro atoms. The Balaban J connectivity index is 1.99. The third-order valence-electron chi connectivity index (χ3n) is 3.24. The molecule has 1 amide bonds. The van der Waals surface area contributed by atoms with Crippen LogP contribution in [0.25, 0.3) is 6.08 Å². The van der Waals surface area contributed by atoms with Gasteiger partial charge in [0.25, 0.3) is 0 Å². The summed E-state index contributed by atoms with van der Waals surface area (Å²) in [5.74, 6) is -0.241. The Hall–Kier alpha value is -1.68. The summed E-state index contributed by atoms with van der Waals surface area (Å²) in [5.41, 5.74) is 0.831. The van der Waals surface area contributed by atoms with E-state index in [9.17, 15) is 9.18 Å². The Morgan fingerprint density at radius 1 is 1.42 bits per heavy atom. The normalized spacial score (nSPS) is 15.5. The molecule has 0 saturated carbocycles. The summed E-state index contributed by atoms with van der Waals surface area (Å²) < 4.78 is 12.8. The van der Waals surface area contributed by atoms with Crippen LogP contribution in [0.3, 0.4) is 0 Å². The number of halogens is 1. The second kappa shape index (κ2) is 6.48. The summed E-state index contributed by atoms with van der Waals surface area (Å²) in [6.45, 7) is 4.58. The summed E-state index contributed by atoms with van der Waals surface area (Å²) >= 11 is 0. The second-order valence-electron chi connectivity index (χ2n) is 4.73. The molecular weight excluding hydrogens is 243 g/mol. The highest BCUT2D eigenvalue weighted by Crippen LogP contribution is 2.09. The van der Waals surface area contributed by atoms with Gasteiger partial charge < -0.3 is 10.2 Å². The molecule has 0 radical (unpaired) electrons. The lowest BCUT2D eigenvalue weighted by Gasteiger charge is -2.37. The van der Waals surface area contributed by atoms with E-state index >= 15 is 0 Å². The van der Waals surface area contributed by atoms with E-state index in [0.29, 0.717) is 6.04 Å². The van der Waals surface area contributed by atoms with Crippen molar-refractivity contribution in [1.29, 1.82) is 0 Å². The summed E-state index contributed by atoms with van der Waals surface area (Å²) in [7, 11) is 0. The van der Waals surface area contributed by atoms with Crippen LogP contribution in [0.2, 0.25) is 0 Å². The van der Waals surface area contributed by atoms with Crippen LogP contribution >= 0.6 is 0 Å². The monoisotopic (exact) mass is 262 g/mol. The molecule has 0 bridgehead atoms. The first-order valence-electron chi connectivity index (χ1n) is 6.65. The summed E-state index contributed by atoms with van der Waals surface area (Å²) in [4.78, 5) is 14.0. The Morgan fingerprint density at radius 2 is 2.11 bits per heavy atom. The number of nitrogens with one attached hydrogen (secondary N) is 1. The van der Waals surface area contributed by atoms with Crippen molar-refractivity contribution in [2.75, 3.05) is 19.6 Å². The van der Waals surface area contributed by atoms with E-state index in [4.69, 9.17) is 0 Å². The smallest absolute Gasteiger partial charge is 0.246 e. The Kier molecular flexibility index (Phi) is 4.68. The molecule has 102 valence electrons. The van der Waals surface area contributed by atoms with Crippen LogP contribution in [0.15, 0.2) is 30.3 Å². The van der Waals surface area contributed by atoms with Gasteiger partial charge in [-0.1, -0.05) is 19.1 Å². The molecule has 0 aliphatic carbocycles. The molecule has 1 fully saturated rings.